The van der Waals surface area contributed by atoms with Crippen molar-refractivity contribution in [2.24, 2.45) is 5.92 Å². The van der Waals surface area contributed by atoms with Gasteiger partial charge >= 0.3 is 0 Å². The van der Waals surface area contributed by atoms with Gasteiger partial charge in [0.05, 0.1) is 6.61 Å². The maximum Gasteiger partial charge on any atom is 0.200 e. The largest absolute Gasteiger partial charge is 0.491 e. The van der Waals surface area contributed by atoms with E-state index in [0.29, 0.717) is 12.2 Å². The van der Waals surface area contributed by atoms with E-state index in [1.54, 1.807) is 13.0 Å². The van der Waals surface area contributed by atoms with Gasteiger partial charge in [0.25, 0.3) is 0 Å². The van der Waals surface area contributed by atoms with E-state index in [4.69, 9.17) is 4.74 Å². The lowest BCUT2D eigenvalue weighted by Gasteiger charge is -2.26. The van der Waals surface area contributed by atoms with Crippen LogP contribution in [0, 0.1) is 17.6 Å². The molecule has 1 fully saturated rings. The lowest BCUT2D eigenvalue weighted by Crippen LogP contribution is -2.15. The third-order valence-electron chi connectivity index (χ3n) is 3.78. The summed E-state index contributed by atoms with van der Waals surface area (Å²) in [5, 5.41) is 0. The number of hydrogen-bond donors (Lipinski definition) is 0. The molecule has 19 heavy (non-hydrogen) atoms. The number of benzene rings is 1. The van der Waals surface area contributed by atoms with Crippen LogP contribution >= 0.6 is 0 Å². The lowest BCUT2D eigenvalue weighted by atomic mass is 9.79. The zero-order valence-corrected chi connectivity index (χ0v) is 11.0. The molecule has 1 saturated carbocycles. The first-order valence-corrected chi connectivity index (χ1v) is 6.73. The van der Waals surface area contributed by atoms with E-state index in [9.17, 15) is 13.6 Å². The lowest BCUT2D eigenvalue weighted by molar-refractivity contribution is -0.111. The molecule has 0 N–H and O–H groups in total. The summed E-state index contributed by atoms with van der Waals surface area (Å²) in [6.07, 6.45) is 3.93. The SMILES string of the molecule is CCOc1ccc([C@H]2CC[C@H](C=O)CC2)c(F)c1F. The van der Waals surface area contributed by atoms with Gasteiger partial charge in [0.1, 0.15) is 6.29 Å². The molecule has 0 heterocycles. The molecule has 0 amide bonds. The quantitative estimate of drug-likeness (QED) is 0.776. The Morgan fingerprint density at radius 2 is 1.89 bits per heavy atom. The Hall–Kier alpha value is -1.45. The van der Waals surface area contributed by atoms with Crippen LogP contribution in [0.2, 0.25) is 0 Å². The number of rotatable bonds is 4. The fraction of sp³-hybridized carbons (Fsp3) is 0.533. The number of hydrogen-bond acceptors (Lipinski definition) is 2. The van der Waals surface area contributed by atoms with Crippen molar-refractivity contribution >= 4 is 6.29 Å². The summed E-state index contributed by atoms with van der Waals surface area (Å²) >= 11 is 0. The molecule has 0 unspecified atom stereocenters. The van der Waals surface area contributed by atoms with Crippen LogP contribution in [-0.2, 0) is 4.79 Å². The molecule has 104 valence electrons. The van der Waals surface area contributed by atoms with Gasteiger partial charge in [-0.05, 0) is 50.2 Å². The number of carbonyl (C=O) groups is 1. The molecule has 0 spiro atoms. The molecule has 1 aliphatic rings. The van der Waals surface area contributed by atoms with Crippen LogP contribution < -0.4 is 4.74 Å². The highest BCUT2D eigenvalue weighted by Crippen LogP contribution is 2.38. The highest BCUT2D eigenvalue weighted by atomic mass is 19.2. The molecule has 1 aromatic rings. The number of ether oxygens (including phenoxy) is 1. The summed E-state index contributed by atoms with van der Waals surface area (Å²) < 4.78 is 32.8. The van der Waals surface area contributed by atoms with E-state index in [1.165, 1.54) is 6.07 Å². The normalized spacial score (nSPS) is 23.1. The predicted octanol–water partition coefficient (Wildman–Crippen LogP) is 3.84. The number of carbonyl (C=O) groups excluding carboxylic acids is 1. The topological polar surface area (TPSA) is 26.3 Å². The van der Waals surface area contributed by atoms with Crippen LogP contribution in [0.5, 0.6) is 5.75 Å². The molecule has 4 heteroatoms. The Labute approximate surface area is 111 Å². The van der Waals surface area contributed by atoms with Crippen molar-refractivity contribution in [3.05, 3.63) is 29.3 Å². The number of aldehydes is 1. The summed E-state index contributed by atoms with van der Waals surface area (Å²) in [5.41, 5.74) is 0.408. The van der Waals surface area contributed by atoms with Gasteiger partial charge in [0, 0.05) is 5.92 Å². The van der Waals surface area contributed by atoms with Crippen LogP contribution in [0.15, 0.2) is 12.1 Å². The molecule has 0 aromatic heterocycles. The van der Waals surface area contributed by atoms with Gasteiger partial charge in [-0.15, -0.1) is 0 Å². The fourth-order valence-electron chi connectivity index (χ4n) is 2.70. The maximum absolute atomic E-state index is 14.0. The standard InChI is InChI=1S/C15H18F2O2/c1-2-19-13-8-7-12(14(16)15(13)17)11-5-3-10(9-18)4-6-11/h7-11H,2-6H2,1H3/t10-,11-. The minimum atomic E-state index is -0.906. The van der Waals surface area contributed by atoms with Gasteiger partial charge in [0.15, 0.2) is 11.6 Å². The van der Waals surface area contributed by atoms with E-state index in [2.05, 4.69) is 0 Å². The Morgan fingerprint density at radius 1 is 1.21 bits per heavy atom. The third kappa shape index (κ3) is 2.94. The Bertz CT molecular complexity index is 452. The highest BCUT2D eigenvalue weighted by molar-refractivity contribution is 5.53. The summed E-state index contributed by atoms with van der Waals surface area (Å²) in [4.78, 5) is 10.7. The van der Waals surface area contributed by atoms with Crippen LogP contribution in [0.3, 0.4) is 0 Å². The van der Waals surface area contributed by atoms with Crippen molar-refractivity contribution in [3.8, 4) is 5.75 Å². The van der Waals surface area contributed by atoms with Crippen molar-refractivity contribution in [1.29, 1.82) is 0 Å². The minimum absolute atomic E-state index is 0.00127. The van der Waals surface area contributed by atoms with E-state index in [1.807, 2.05) is 0 Å². The molecule has 0 atom stereocenters. The number of halogens is 2. The molecule has 0 radical (unpaired) electrons. The molecule has 1 aromatic carbocycles. The predicted molar refractivity (Wildman–Crippen MR) is 68.3 cm³/mol. The van der Waals surface area contributed by atoms with Gasteiger partial charge in [-0.2, -0.15) is 4.39 Å². The fourth-order valence-corrected chi connectivity index (χ4v) is 2.70. The average molecular weight is 268 g/mol. The molecule has 0 aliphatic heterocycles. The Morgan fingerprint density at radius 3 is 2.47 bits per heavy atom. The van der Waals surface area contributed by atoms with Crippen LogP contribution in [0.4, 0.5) is 8.78 Å². The summed E-state index contributed by atoms with van der Waals surface area (Å²) in [7, 11) is 0. The second-order valence-corrected chi connectivity index (χ2v) is 4.96. The Kier molecular flexibility index (Phi) is 4.51. The minimum Gasteiger partial charge on any atom is -0.491 e. The van der Waals surface area contributed by atoms with Crippen molar-refractivity contribution < 1.29 is 18.3 Å². The van der Waals surface area contributed by atoms with E-state index in [-0.39, 0.29) is 17.6 Å². The molecule has 2 rings (SSSR count). The first-order valence-electron chi connectivity index (χ1n) is 6.73. The zero-order chi connectivity index (χ0) is 13.8. The monoisotopic (exact) mass is 268 g/mol. The highest BCUT2D eigenvalue weighted by Gasteiger charge is 2.26. The molecule has 1 aliphatic carbocycles. The van der Waals surface area contributed by atoms with Gasteiger partial charge in [-0.1, -0.05) is 6.07 Å². The molecular formula is C15H18F2O2. The first kappa shape index (κ1) is 14.0. The smallest absolute Gasteiger partial charge is 0.200 e. The third-order valence-corrected chi connectivity index (χ3v) is 3.78. The molecular weight excluding hydrogens is 250 g/mol. The van der Waals surface area contributed by atoms with Gasteiger partial charge in [-0.25, -0.2) is 4.39 Å². The first-order chi connectivity index (χ1) is 9.17. The van der Waals surface area contributed by atoms with Crippen molar-refractivity contribution in [1.82, 2.24) is 0 Å². The van der Waals surface area contributed by atoms with E-state index < -0.39 is 11.6 Å². The second-order valence-electron chi connectivity index (χ2n) is 4.96. The molecule has 2 nitrogen and oxygen atoms in total. The summed E-state index contributed by atoms with van der Waals surface area (Å²) in [6.45, 7) is 2.03. The van der Waals surface area contributed by atoms with Crippen molar-refractivity contribution in [3.63, 3.8) is 0 Å². The Balaban J connectivity index is 2.17. The van der Waals surface area contributed by atoms with Gasteiger partial charge in [-0.3, -0.25) is 0 Å². The summed E-state index contributed by atoms with van der Waals surface area (Å²) in [6, 6.07) is 3.10. The van der Waals surface area contributed by atoms with E-state index >= 15 is 0 Å². The molecule has 0 bridgehead atoms. The van der Waals surface area contributed by atoms with Crippen molar-refractivity contribution in [2.45, 2.75) is 38.5 Å². The molecule has 0 saturated heterocycles. The van der Waals surface area contributed by atoms with Crippen LogP contribution in [0.1, 0.15) is 44.1 Å². The van der Waals surface area contributed by atoms with Crippen LogP contribution in [-0.4, -0.2) is 12.9 Å². The zero-order valence-electron chi connectivity index (χ0n) is 11.0. The van der Waals surface area contributed by atoms with Crippen LogP contribution in [0.25, 0.3) is 0 Å². The maximum atomic E-state index is 14.0. The van der Waals surface area contributed by atoms with Gasteiger partial charge in [0.2, 0.25) is 5.82 Å². The second kappa shape index (κ2) is 6.13. The summed E-state index contributed by atoms with van der Waals surface area (Å²) in [5.74, 6) is -1.67. The van der Waals surface area contributed by atoms with E-state index in [0.717, 1.165) is 32.0 Å². The van der Waals surface area contributed by atoms with Gasteiger partial charge < -0.3 is 9.53 Å². The average Bonchev–Trinajstić information content (AvgIpc) is 2.45. The van der Waals surface area contributed by atoms with Crippen molar-refractivity contribution in [2.75, 3.05) is 6.61 Å².